The van der Waals surface area contributed by atoms with E-state index in [1.54, 1.807) is 4.90 Å². The minimum atomic E-state index is -0.470. The van der Waals surface area contributed by atoms with Crippen LogP contribution in [0.25, 0.3) is 0 Å². The molecule has 1 aromatic carbocycles. The van der Waals surface area contributed by atoms with Gasteiger partial charge in [-0.1, -0.05) is 36.8 Å². The summed E-state index contributed by atoms with van der Waals surface area (Å²) in [4.78, 5) is 14.1. The van der Waals surface area contributed by atoms with Gasteiger partial charge in [0.15, 0.2) is 0 Å². The van der Waals surface area contributed by atoms with Crippen LogP contribution in [-0.2, 0) is 11.2 Å². The second kappa shape index (κ2) is 11.7. The molecule has 0 saturated carbocycles. The maximum Gasteiger partial charge on any atom is 0.240 e. The van der Waals surface area contributed by atoms with Gasteiger partial charge in [0.05, 0.1) is 12.1 Å². The van der Waals surface area contributed by atoms with Gasteiger partial charge in [0.25, 0.3) is 0 Å². The largest absolute Gasteiger partial charge is 0.325 e. The van der Waals surface area contributed by atoms with Gasteiger partial charge in [0.1, 0.15) is 6.04 Å². The molecule has 0 aromatic heterocycles. The van der Waals surface area contributed by atoms with E-state index in [0.29, 0.717) is 13.0 Å². The molecule has 5 heteroatoms. The number of nitrogens with one attached hydrogen (secondary N) is 1. The highest BCUT2D eigenvalue weighted by atomic mass is 16.2. The molecule has 1 amide bonds. The number of carbonyl (C=O) groups is 1. The second-order valence-corrected chi connectivity index (χ2v) is 7.11. The van der Waals surface area contributed by atoms with Crippen molar-refractivity contribution in [2.24, 2.45) is 5.73 Å². The minimum absolute atomic E-state index is 0.0490. The number of carbonyl (C=O) groups excluding carboxylic acids is 1. The molecular formula is C21H32N4O. The molecule has 26 heavy (non-hydrogen) atoms. The molecule has 2 atom stereocenters. The van der Waals surface area contributed by atoms with Crippen molar-refractivity contribution in [3.8, 4) is 6.07 Å². The number of unbranched alkanes of at least 4 members (excludes halogenated alkanes) is 1. The van der Waals surface area contributed by atoms with E-state index in [0.717, 1.165) is 58.0 Å². The summed E-state index contributed by atoms with van der Waals surface area (Å²) in [5.74, 6) is -0.0490. The lowest BCUT2D eigenvalue weighted by atomic mass is 10.0. The fraction of sp³-hybridized carbons (Fsp3) is 0.619. The van der Waals surface area contributed by atoms with Crippen LogP contribution in [0.5, 0.6) is 0 Å². The van der Waals surface area contributed by atoms with Crippen molar-refractivity contribution in [1.29, 1.82) is 5.26 Å². The summed E-state index contributed by atoms with van der Waals surface area (Å²) in [6.07, 6.45) is 7.66. The van der Waals surface area contributed by atoms with Gasteiger partial charge >= 0.3 is 0 Å². The van der Waals surface area contributed by atoms with Crippen LogP contribution in [-0.4, -0.2) is 42.5 Å². The molecule has 0 radical (unpaired) electrons. The summed E-state index contributed by atoms with van der Waals surface area (Å²) in [5.41, 5.74) is 7.45. The van der Waals surface area contributed by atoms with Crippen LogP contribution in [0.4, 0.5) is 0 Å². The molecule has 0 bridgehead atoms. The van der Waals surface area contributed by atoms with E-state index in [2.05, 4.69) is 35.7 Å². The summed E-state index contributed by atoms with van der Waals surface area (Å²) in [5, 5.41) is 12.6. The Balaban J connectivity index is 1.52. The molecule has 2 rings (SSSR count). The standard InChI is InChI=1S/C21H32N4O/c22-17-19-12-5-7-16-25(19)21(26)20(23)13-4-6-14-24-15-8-11-18-9-2-1-3-10-18/h1-3,9-10,19-20,24H,4-8,11-16,23H2. The lowest BCUT2D eigenvalue weighted by Crippen LogP contribution is -2.50. The number of benzene rings is 1. The molecule has 3 N–H and O–H groups in total. The number of likely N-dealkylation sites (tertiary alicyclic amines) is 1. The van der Waals surface area contributed by atoms with Crippen molar-refractivity contribution in [2.75, 3.05) is 19.6 Å². The van der Waals surface area contributed by atoms with Gasteiger partial charge in [0.2, 0.25) is 5.91 Å². The van der Waals surface area contributed by atoms with Crippen molar-refractivity contribution in [3.63, 3.8) is 0 Å². The van der Waals surface area contributed by atoms with Gasteiger partial charge in [0, 0.05) is 6.54 Å². The lowest BCUT2D eigenvalue weighted by Gasteiger charge is -2.33. The van der Waals surface area contributed by atoms with Crippen molar-refractivity contribution in [3.05, 3.63) is 35.9 Å². The molecule has 1 aromatic rings. The summed E-state index contributed by atoms with van der Waals surface area (Å²) >= 11 is 0. The maximum atomic E-state index is 12.4. The van der Waals surface area contributed by atoms with E-state index < -0.39 is 6.04 Å². The number of piperidine rings is 1. The van der Waals surface area contributed by atoms with E-state index in [-0.39, 0.29) is 11.9 Å². The van der Waals surface area contributed by atoms with Crippen LogP contribution >= 0.6 is 0 Å². The molecule has 2 unspecified atom stereocenters. The Morgan fingerprint density at radius 1 is 1.23 bits per heavy atom. The van der Waals surface area contributed by atoms with Crippen LogP contribution in [0.1, 0.15) is 50.5 Å². The minimum Gasteiger partial charge on any atom is -0.325 e. The highest BCUT2D eigenvalue weighted by molar-refractivity contribution is 5.82. The molecule has 0 aliphatic carbocycles. The fourth-order valence-corrected chi connectivity index (χ4v) is 3.47. The van der Waals surface area contributed by atoms with E-state index >= 15 is 0 Å². The Kier molecular flexibility index (Phi) is 9.16. The number of nitriles is 1. The quantitative estimate of drug-likeness (QED) is 0.631. The molecule has 142 valence electrons. The van der Waals surface area contributed by atoms with Gasteiger partial charge < -0.3 is 16.0 Å². The molecule has 1 fully saturated rings. The van der Waals surface area contributed by atoms with Crippen molar-refractivity contribution >= 4 is 5.91 Å². The molecule has 0 spiro atoms. The maximum absolute atomic E-state index is 12.4. The number of hydrogen-bond acceptors (Lipinski definition) is 4. The first-order valence-electron chi connectivity index (χ1n) is 9.92. The van der Waals surface area contributed by atoms with Crippen LogP contribution in [0.2, 0.25) is 0 Å². The normalized spacial score (nSPS) is 18.3. The average molecular weight is 357 g/mol. The Bertz CT molecular complexity index is 569. The summed E-state index contributed by atoms with van der Waals surface area (Å²) in [6.45, 7) is 2.64. The van der Waals surface area contributed by atoms with Gasteiger partial charge in [-0.2, -0.15) is 5.26 Å². The van der Waals surface area contributed by atoms with Crippen LogP contribution < -0.4 is 11.1 Å². The number of amides is 1. The van der Waals surface area contributed by atoms with Crippen molar-refractivity contribution in [1.82, 2.24) is 10.2 Å². The SMILES string of the molecule is N#CC1CCCCN1C(=O)C(N)CCCCNCCCc1ccccc1. The van der Waals surface area contributed by atoms with Gasteiger partial charge in [-0.15, -0.1) is 0 Å². The average Bonchev–Trinajstić information content (AvgIpc) is 2.70. The third kappa shape index (κ3) is 6.78. The van der Waals surface area contributed by atoms with Crippen LogP contribution in [0.15, 0.2) is 30.3 Å². The molecular weight excluding hydrogens is 324 g/mol. The van der Waals surface area contributed by atoms with Gasteiger partial charge in [-0.05, 0) is 63.6 Å². The Morgan fingerprint density at radius 3 is 2.77 bits per heavy atom. The Labute approximate surface area is 157 Å². The first kappa shape index (κ1) is 20.4. The first-order chi connectivity index (χ1) is 12.7. The molecule has 1 heterocycles. The number of nitrogens with zero attached hydrogens (tertiary/aromatic N) is 2. The molecule has 5 nitrogen and oxygen atoms in total. The summed E-state index contributed by atoms with van der Waals surface area (Å²) in [7, 11) is 0. The number of rotatable bonds is 10. The monoisotopic (exact) mass is 356 g/mol. The summed E-state index contributed by atoms with van der Waals surface area (Å²) < 4.78 is 0. The highest BCUT2D eigenvalue weighted by Gasteiger charge is 2.29. The highest BCUT2D eigenvalue weighted by Crippen LogP contribution is 2.18. The van der Waals surface area contributed by atoms with E-state index in [1.807, 2.05) is 6.07 Å². The summed E-state index contributed by atoms with van der Waals surface area (Å²) in [6, 6.07) is 12.0. The second-order valence-electron chi connectivity index (χ2n) is 7.11. The molecule has 1 aliphatic rings. The number of hydrogen-bond donors (Lipinski definition) is 2. The number of nitrogens with two attached hydrogens (primary N) is 1. The van der Waals surface area contributed by atoms with E-state index in [9.17, 15) is 10.1 Å². The Morgan fingerprint density at radius 2 is 2.00 bits per heavy atom. The van der Waals surface area contributed by atoms with E-state index in [1.165, 1.54) is 5.56 Å². The zero-order valence-electron chi connectivity index (χ0n) is 15.7. The fourth-order valence-electron chi connectivity index (χ4n) is 3.47. The van der Waals surface area contributed by atoms with Crippen LogP contribution in [0.3, 0.4) is 0 Å². The topological polar surface area (TPSA) is 82.2 Å². The number of aryl methyl sites for hydroxylation is 1. The molecule has 1 aliphatic heterocycles. The van der Waals surface area contributed by atoms with Gasteiger partial charge in [-0.25, -0.2) is 0 Å². The van der Waals surface area contributed by atoms with E-state index in [4.69, 9.17) is 5.73 Å². The smallest absolute Gasteiger partial charge is 0.240 e. The third-order valence-electron chi connectivity index (χ3n) is 5.03. The lowest BCUT2D eigenvalue weighted by molar-refractivity contribution is -0.135. The van der Waals surface area contributed by atoms with Crippen LogP contribution in [0, 0.1) is 11.3 Å². The zero-order valence-corrected chi connectivity index (χ0v) is 15.7. The molecule has 1 saturated heterocycles. The van der Waals surface area contributed by atoms with Crippen molar-refractivity contribution < 1.29 is 4.79 Å². The van der Waals surface area contributed by atoms with Crippen molar-refractivity contribution in [2.45, 2.75) is 63.5 Å². The Hall–Kier alpha value is -1.90. The third-order valence-corrected chi connectivity index (χ3v) is 5.03. The predicted molar refractivity (Wildman–Crippen MR) is 104 cm³/mol. The first-order valence-corrected chi connectivity index (χ1v) is 9.92. The van der Waals surface area contributed by atoms with Gasteiger partial charge in [-0.3, -0.25) is 4.79 Å². The zero-order chi connectivity index (χ0) is 18.6. The predicted octanol–water partition coefficient (Wildman–Crippen LogP) is 2.61.